The number of amides is 2. The van der Waals surface area contributed by atoms with Gasteiger partial charge >= 0.3 is 6.03 Å². The van der Waals surface area contributed by atoms with Crippen molar-refractivity contribution in [1.29, 1.82) is 0 Å². The van der Waals surface area contributed by atoms with Gasteiger partial charge in [-0.05, 0) is 19.1 Å². The van der Waals surface area contributed by atoms with Gasteiger partial charge in [0.25, 0.3) is 0 Å². The molecule has 2 aromatic rings. The van der Waals surface area contributed by atoms with Crippen molar-refractivity contribution in [3.8, 4) is 0 Å². The Hall–Kier alpha value is -2.01. The first-order valence-corrected chi connectivity index (χ1v) is 6.24. The molecule has 0 fully saturated rings. The fourth-order valence-electron chi connectivity index (χ4n) is 1.56. The van der Waals surface area contributed by atoms with Crippen molar-refractivity contribution in [2.75, 3.05) is 11.9 Å². The third-order valence-electron chi connectivity index (χ3n) is 2.46. The summed E-state index contributed by atoms with van der Waals surface area (Å²) in [6.45, 7) is 2.31. The number of rotatable bonds is 4. The summed E-state index contributed by atoms with van der Waals surface area (Å²) >= 11 is 5.94. The number of para-hydroxylation sites is 1. The van der Waals surface area contributed by atoms with Crippen LogP contribution in [-0.4, -0.2) is 17.7 Å². The SMILES string of the molecule is Cc1cc(CCNC(=O)Nc2ccccc2Cl)on1. The highest BCUT2D eigenvalue weighted by molar-refractivity contribution is 6.33. The second-order valence-electron chi connectivity index (χ2n) is 4.05. The van der Waals surface area contributed by atoms with Crippen LogP contribution in [0.15, 0.2) is 34.9 Å². The number of nitrogens with zero attached hydrogens (tertiary/aromatic N) is 1. The molecule has 2 rings (SSSR count). The summed E-state index contributed by atoms with van der Waals surface area (Å²) in [7, 11) is 0. The number of urea groups is 1. The number of nitrogens with one attached hydrogen (secondary N) is 2. The standard InChI is InChI=1S/C13H14ClN3O2/c1-9-8-10(19-17-9)6-7-15-13(18)16-12-5-3-2-4-11(12)14/h2-5,8H,6-7H2,1H3,(H2,15,16,18). The van der Waals surface area contributed by atoms with Crippen molar-refractivity contribution in [2.45, 2.75) is 13.3 Å². The van der Waals surface area contributed by atoms with Crippen LogP contribution in [0.5, 0.6) is 0 Å². The molecule has 0 radical (unpaired) electrons. The van der Waals surface area contributed by atoms with Gasteiger partial charge in [-0.2, -0.15) is 0 Å². The summed E-state index contributed by atoms with van der Waals surface area (Å²) < 4.78 is 5.04. The summed E-state index contributed by atoms with van der Waals surface area (Å²) in [4.78, 5) is 11.6. The molecule has 0 saturated heterocycles. The number of hydrogen-bond acceptors (Lipinski definition) is 3. The summed E-state index contributed by atoms with van der Waals surface area (Å²) in [5, 5.41) is 9.67. The van der Waals surface area contributed by atoms with E-state index in [0.29, 0.717) is 23.7 Å². The van der Waals surface area contributed by atoms with Crippen LogP contribution in [0.25, 0.3) is 0 Å². The van der Waals surface area contributed by atoms with Gasteiger partial charge in [0, 0.05) is 19.0 Å². The third-order valence-corrected chi connectivity index (χ3v) is 2.79. The van der Waals surface area contributed by atoms with Crippen LogP contribution in [0, 0.1) is 6.92 Å². The molecule has 5 nitrogen and oxygen atoms in total. The van der Waals surface area contributed by atoms with E-state index in [1.807, 2.05) is 13.0 Å². The highest BCUT2D eigenvalue weighted by atomic mass is 35.5. The van der Waals surface area contributed by atoms with Crippen LogP contribution in [0.1, 0.15) is 11.5 Å². The van der Waals surface area contributed by atoms with E-state index >= 15 is 0 Å². The van der Waals surface area contributed by atoms with Crippen molar-refractivity contribution in [1.82, 2.24) is 10.5 Å². The van der Waals surface area contributed by atoms with Crippen LogP contribution in [0.3, 0.4) is 0 Å². The zero-order chi connectivity index (χ0) is 13.7. The molecule has 0 aliphatic rings. The second kappa shape index (κ2) is 6.24. The van der Waals surface area contributed by atoms with Gasteiger partial charge in [0.1, 0.15) is 5.76 Å². The van der Waals surface area contributed by atoms with Crippen molar-refractivity contribution in [3.63, 3.8) is 0 Å². The van der Waals surface area contributed by atoms with E-state index in [2.05, 4.69) is 15.8 Å². The van der Waals surface area contributed by atoms with E-state index in [-0.39, 0.29) is 6.03 Å². The Labute approximate surface area is 115 Å². The number of carbonyl (C=O) groups excluding carboxylic acids is 1. The molecule has 6 heteroatoms. The average Bonchev–Trinajstić information content (AvgIpc) is 2.78. The van der Waals surface area contributed by atoms with E-state index in [4.69, 9.17) is 16.1 Å². The van der Waals surface area contributed by atoms with Crippen molar-refractivity contribution >= 4 is 23.3 Å². The first-order valence-electron chi connectivity index (χ1n) is 5.87. The normalized spacial score (nSPS) is 10.2. The molecule has 0 atom stereocenters. The Morgan fingerprint density at radius 2 is 2.21 bits per heavy atom. The maximum absolute atomic E-state index is 11.6. The van der Waals surface area contributed by atoms with Gasteiger partial charge in [-0.3, -0.25) is 0 Å². The van der Waals surface area contributed by atoms with Gasteiger partial charge in [0.15, 0.2) is 0 Å². The van der Waals surface area contributed by atoms with E-state index in [0.717, 1.165) is 11.5 Å². The van der Waals surface area contributed by atoms with Gasteiger partial charge < -0.3 is 15.2 Å². The average molecular weight is 280 g/mol. The lowest BCUT2D eigenvalue weighted by Gasteiger charge is -2.07. The zero-order valence-corrected chi connectivity index (χ0v) is 11.2. The second-order valence-corrected chi connectivity index (χ2v) is 4.45. The lowest BCUT2D eigenvalue weighted by Crippen LogP contribution is -2.30. The maximum Gasteiger partial charge on any atom is 0.319 e. The Kier molecular flexibility index (Phi) is 4.41. The molecule has 0 aliphatic heterocycles. The van der Waals surface area contributed by atoms with Crippen molar-refractivity contribution in [2.24, 2.45) is 0 Å². The number of aromatic nitrogens is 1. The van der Waals surface area contributed by atoms with Crippen molar-refractivity contribution < 1.29 is 9.32 Å². The van der Waals surface area contributed by atoms with E-state index in [9.17, 15) is 4.79 Å². The Morgan fingerprint density at radius 3 is 2.89 bits per heavy atom. The van der Waals surface area contributed by atoms with Crippen LogP contribution in [0.4, 0.5) is 10.5 Å². The molecule has 0 bridgehead atoms. The number of carbonyl (C=O) groups is 1. The third kappa shape index (κ3) is 3.99. The first-order chi connectivity index (χ1) is 9.15. The summed E-state index contributed by atoms with van der Waals surface area (Å²) in [5.41, 5.74) is 1.41. The smallest absolute Gasteiger partial charge is 0.319 e. The minimum absolute atomic E-state index is 0.302. The summed E-state index contributed by atoms with van der Waals surface area (Å²) in [5.74, 6) is 0.746. The Bertz CT molecular complexity index is 569. The number of anilines is 1. The Morgan fingerprint density at radius 1 is 1.42 bits per heavy atom. The number of halogens is 1. The topological polar surface area (TPSA) is 67.2 Å². The fraction of sp³-hybridized carbons (Fsp3) is 0.231. The van der Waals surface area contributed by atoms with Gasteiger partial charge in [0.2, 0.25) is 0 Å². The minimum atomic E-state index is -0.302. The maximum atomic E-state index is 11.6. The quantitative estimate of drug-likeness (QED) is 0.904. The van der Waals surface area contributed by atoms with Crippen LogP contribution in [0.2, 0.25) is 5.02 Å². The van der Waals surface area contributed by atoms with E-state index < -0.39 is 0 Å². The van der Waals surface area contributed by atoms with Gasteiger partial charge in [-0.1, -0.05) is 28.9 Å². The molecular formula is C13H14ClN3O2. The van der Waals surface area contributed by atoms with Crippen molar-refractivity contribution in [3.05, 3.63) is 46.8 Å². The number of benzene rings is 1. The molecule has 0 unspecified atom stereocenters. The molecule has 0 aliphatic carbocycles. The summed E-state index contributed by atoms with van der Waals surface area (Å²) in [6.07, 6.45) is 0.594. The van der Waals surface area contributed by atoms with Gasteiger partial charge in [-0.15, -0.1) is 0 Å². The predicted molar refractivity (Wildman–Crippen MR) is 73.4 cm³/mol. The predicted octanol–water partition coefficient (Wildman–Crippen LogP) is 3.00. The summed E-state index contributed by atoms with van der Waals surface area (Å²) in [6, 6.07) is 8.60. The monoisotopic (exact) mass is 279 g/mol. The first kappa shape index (κ1) is 13.4. The van der Waals surface area contributed by atoms with E-state index in [1.54, 1.807) is 24.3 Å². The number of aryl methyl sites for hydroxylation is 1. The molecule has 2 amide bonds. The van der Waals surface area contributed by atoms with Crippen LogP contribution in [-0.2, 0) is 6.42 Å². The fourth-order valence-corrected chi connectivity index (χ4v) is 1.75. The molecule has 0 saturated carbocycles. The molecule has 0 spiro atoms. The highest BCUT2D eigenvalue weighted by Crippen LogP contribution is 2.19. The highest BCUT2D eigenvalue weighted by Gasteiger charge is 2.05. The lowest BCUT2D eigenvalue weighted by molar-refractivity contribution is 0.252. The largest absolute Gasteiger partial charge is 0.361 e. The molecule has 1 heterocycles. The number of hydrogen-bond donors (Lipinski definition) is 2. The van der Waals surface area contributed by atoms with Gasteiger partial charge in [0.05, 0.1) is 16.4 Å². The molecule has 1 aromatic heterocycles. The molecule has 19 heavy (non-hydrogen) atoms. The zero-order valence-electron chi connectivity index (χ0n) is 10.4. The molecule has 1 aromatic carbocycles. The van der Waals surface area contributed by atoms with Crippen LogP contribution < -0.4 is 10.6 Å². The lowest BCUT2D eigenvalue weighted by atomic mass is 10.3. The molecular weight excluding hydrogens is 266 g/mol. The van der Waals surface area contributed by atoms with E-state index in [1.165, 1.54) is 0 Å². The van der Waals surface area contributed by atoms with Crippen LogP contribution >= 0.6 is 11.6 Å². The molecule has 2 N–H and O–H groups in total. The molecule has 100 valence electrons. The van der Waals surface area contributed by atoms with Gasteiger partial charge in [-0.25, -0.2) is 4.79 Å². The Balaban J connectivity index is 1.77. The minimum Gasteiger partial charge on any atom is -0.361 e.